The first-order valence-corrected chi connectivity index (χ1v) is 12.3. The molecule has 0 aliphatic heterocycles. The minimum atomic E-state index is -1.02. The predicted molar refractivity (Wildman–Crippen MR) is 136 cm³/mol. The van der Waals surface area contributed by atoms with Crippen LogP contribution >= 0.6 is 11.6 Å². The van der Waals surface area contributed by atoms with Crippen molar-refractivity contribution in [3.05, 3.63) is 94.0 Å². The molecule has 2 aliphatic rings. The molecule has 2 N–H and O–H groups in total. The van der Waals surface area contributed by atoms with E-state index in [1.807, 2.05) is 24.3 Å². The summed E-state index contributed by atoms with van der Waals surface area (Å²) in [7, 11) is 1.73. The number of carboxylic acid groups (broad SMARTS) is 1. The molecule has 0 radical (unpaired) electrons. The summed E-state index contributed by atoms with van der Waals surface area (Å²) in [6.45, 7) is 2.15. The molecular weight excluding hydrogens is 446 g/mol. The Morgan fingerprint density at radius 2 is 1.76 bits per heavy atom. The van der Waals surface area contributed by atoms with Gasteiger partial charge in [-0.2, -0.15) is 0 Å². The summed E-state index contributed by atoms with van der Waals surface area (Å²) in [6, 6.07) is 22.3. The van der Waals surface area contributed by atoms with E-state index in [4.69, 9.17) is 16.3 Å². The third-order valence-electron chi connectivity index (χ3n) is 8.11. The molecule has 0 amide bonds. The fourth-order valence-corrected chi connectivity index (χ4v) is 6.61. The number of fused-ring (bicyclic) bond motifs is 2. The van der Waals surface area contributed by atoms with Gasteiger partial charge in [0, 0.05) is 27.6 Å². The third-order valence-corrected chi connectivity index (χ3v) is 8.35. The molecule has 5 rings (SSSR count). The van der Waals surface area contributed by atoms with Crippen LogP contribution in [0.15, 0.2) is 66.7 Å². The summed E-state index contributed by atoms with van der Waals surface area (Å²) in [5.74, 6) is 0.363. The van der Waals surface area contributed by atoms with Gasteiger partial charge >= 0.3 is 5.97 Å². The molecule has 176 valence electrons. The molecular formula is C29H30ClNO3. The maximum Gasteiger partial charge on any atom is 0.329 e. The number of carbonyl (C=O) groups is 1. The van der Waals surface area contributed by atoms with Crippen molar-refractivity contribution in [3.63, 3.8) is 0 Å². The molecule has 3 aromatic carbocycles. The van der Waals surface area contributed by atoms with Crippen LogP contribution in [0.3, 0.4) is 0 Å². The van der Waals surface area contributed by atoms with E-state index in [0.717, 1.165) is 30.7 Å². The molecule has 0 saturated heterocycles. The second-order valence-corrected chi connectivity index (χ2v) is 10.2. The lowest BCUT2D eigenvalue weighted by atomic mass is 9.59. The van der Waals surface area contributed by atoms with Crippen LogP contribution in [0, 0.1) is 6.92 Å². The molecule has 1 spiro atoms. The number of ether oxygens (including phenoxy) is 1. The van der Waals surface area contributed by atoms with E-state index < -0.39 is 11.5 Å². The quantitative estimate of drug-likeness (QED) is 0.428. The van der Waals surface area contributed by atoms with Crippen molar-refractivity contribution in [1.82, 2.24) is 0 Å². The number of rotatable bonds is 5. The lowest BCUT2D eigenvalue weighted by molar-refractivity contribution is -0.144. The fraction of sp³-hybridized carbons (Fsp3) is 0.345. The summed E-state index contributed by atoms with van der Waals surface area (Å²) >= 11 is 6.17. The van der Waals surface area contributed by atoms with Crippen LogP contribution in [0.25, 0.3) is 0 Å². The Kier molecular flexibility index (Phi) is 5.81. The second-order valence-electron chi connectivity index (χ2n) is 9.78. The normalized spacial score (nSPS) is 25.7. The molecule has 4 nitrogen and oxygen atoms in total. The maximum atomic E-state index is 12.6. The number of aliphatic carboxylic acids is 1. The third kappa shape index (κ3) is 3.65. The maximum absolute atomic E-state index is 12.6. The molecule has 5 heteroatoms. The molecule has 1 saturated carbocycles. The van der Waals surface area contributed by atoms with Crippen molar-refractivity contribution < 1.29 is 14.6 Å². The molecule has 1 fully saturated rings. The van der Waals surface area contributed by atoms with Crippen LogP contribution in [0.5, 0.6) is 5.75 Å². The molecule has 1 unspecified atom stereocenters. The number of hydrogen-bond donors (Lipinski definition) is 2. The van der Waals surface area contributed by atoms with Gasteiger partial charge in [0.25, 0.3) is 0 Å². The zero-order valence-electron chi connectivity index (χ0n) is 19.6. The first-order valence-electron chi connectivity index (χ1n) is 11.9. The summed E-state index contributed by atoms with van der Waals surface area (Å²) in [6.07, 6.45) is 3.58. The molecule has 3 aromatic rings. The van der Waals surface area contributed by atoms with Crippen LogP contribution in [0.2, 0.25) is 5.02 Å². The predicted octanol–water partition coefficient (Wildman–Crippen LogP) is 6.74. The number of benzene rings is 3. The number of methoxy groups -OCH3 is 1. The van der Waals surface area contributed by atoms with Gasteiger partial charge in [0.05, 0.1) is 7.11 Å². The number of aryl methyl sites for hydroxylation is 1. The average molecular weight is 476 g/mol. The van der Waals surface area contributed by atoms with Crippen molar-refractivity contribution in [2.24, 2.45) is 0 Å². The van der Waals surface area contributed by atoms with Gasteiger partial charge in [-0.15, -0.1) is 0 Å². The van der Waals surface area contributed by atoms with Crippen molar-refractivity contribution in [3.8, 4) is 5.75 Å². The van der Waals surface area contributed by atoms with Gasteiger partial charge in [0.15, 0.2) is 0 Å². The van der Waals surface area contributed by atoms with Gasteiger partial charge in [-0.3, -0.25) is 0 Å². The first-order chi connectivity index (χ1) is 16.4. The van der Waals surface area contributed by atoms with Crippen LogP contribution in [0.1, 0.15) is 53.9 Å². The van der Waals surface area contributed by atoms with E-state index in [1.54, 1.807) is 19.2 Å². The molecule has 34 heavy (non-hydrogen) atoms. The van der Waals surface area contributed by atoms with Crippen LogP contribution in [-0.4, -0.2) is 23.7 Å². The minimum Gasteiger partial charge on any atom is -0.496 e. The van der Waals surface area contributed by atoms with Gasteiger partial charge in [-0.25, -0.2) is 4.79 Å². The van der Waals surface area contributed by atoms with E-state index in [0.29, 0.717) is 17.9 Å². The standard InChI is InChI=1S/C29H30ClNO3/c1-19-7-5-12-25(34-2)26(19)24-17-20-8-3-4-11-23(20)28(24)13-15-29(16-14-28,27(32)33)31-22-10-6-9-21(30)18-22/h3-12,18,24,31H,13-17H2,1-2H3,(H,32,33). The number of nitrogens with one attached hydrogen (secondary N) is 1. The molecule has 0 bridgehead atoms. The van der Waals surface area contributed by atoms with Crippen LogP contribution < -0.4 is 10.1 Å². The van der Waals surface area contributed by atoms with E-state index in [-0.39, 0.29) is 11.3 Å². The lowest BCUT2D eigenvalue weighted by Crippen LogP contribution is -2.52. The number of halogens is 1. The van der Waals surface area contributed by atoms with Crippen molar-refractivity contribution in [2.75, 3.05) is 12.4 Å². The highest BCUT2D eigenvalue weighted by molar-refractivity contribution is 6.30. The first kappa shape index (κ1) is 22.8. The fourth-order valence-electron chi connectivity index (χ4n) is 6.42. The molecule has 1 atom stereocenters. The zero-order valence-corrected chi connectivity index (χ0v) is 20.4. The number of anilines is 1. The van der Waals surface area contributed by atoms with E-state index in [1.165, 1.54) is 22.3 Å². The summed E-state index contributed by atoms with van der Waals surface area (Å²) in [5.41, 5.74) is 4.82. The lowest BCUT2D eigenvalue weighted by Gasteiger charge is -2.47. The van der Waals surface area contributed by atoms with E-state index in [2.05, 4.69) is 42.6 Å². The Bertz CT molecular complexity index is 1230. The number of carboxylic acids is 1. The Hall–Kier alpha value is -2.98. The van der Waals surface area contributed by atoms with Gasteiger partial charge < -0.3 is 15.2 Å². The smallest absolute Gasteiger partial charge is 0.329 e. The summed E-state index contributed by atoms with van der Waals surface area (Å²) < 4.78 is 5.82. The monoisotopic (exact) mass is 475 g/mol. The van der Waals surface area contributed by atoms with E-state index >= 15 is 0 Å². The van der Waals surface area contributed by atoms with Gasteiger partial charge in [-0.05, 0) is 80.0 Å². The highest BCUT2D eigenvalue weighted by Gasteiger charge is 2.55. The second kappa shape index (κ2) is 8.66. The minimum absolute atomic E-state index is 0.120. The van der Waals surface area contributed by atoms with Gasteiger partial charge in [0.2, 0.25) is 0 Å². The van der Waals surface area contributed by atoms with Crippen molar-refractivity contribution in [1.29, 1.82) is 0 Å². The topological polar surface area (TPSA) is 58.6 Å². The van der Waals surface area contributed by atoms with Crippen LogP contribution in [-0.2, 0) is 16.6 Å². The van der Waals surface area contributed by atoms with E-state index in [9.17, 15) is 9.90 Å². The average Bonchev–Trinajstić information content (AvgIpc) is 3.14. The highest BCUT2D eigenvalue weighted by atomic mass is 35.5. The molecule has 2 aliphatic carbocycles. The highest BCUT2D eigenvalue weighted by Crippen LogP contribution is 2.59. The Labute approximate surface area is 205 Å². The molecule has 0 aromatic heterocycles. The SMILES string of the molecule is COc1cccc(C)c1C1Cc2ccccc2C12CCC(Nc1cccc(Cl)c1)(C(=O)O)CC2. The van der Waals surface area contributed by atoms with Crippen LogP contribution in [0.4, 0.5) is 5.69 Å². The van der Waals surface area contributed by atoms with Crippen molar-refractivity contribution >= 4 is 23.3 Å². The molecule has 0 heterocycles. The summed E-state index contributed by atoms with van der Waals surface area (Å²) in [5, 5.41) is 14.3. The van der Waals surface area contributed by atoms with Crippen molar-refractivity contribution in [2.45, 2.75) is 55.9 Å². The van der Waals surface area contributed by atoms with Gasteiger partial charge in [-0.1, -0.05) is 54.1 Å². The Morgan fingerprint density at radius 1 is 1.03 bits per heavy atom. The summed E-state index contributed by atoms with van der Waals surface area (Å²) in [4.78, 5) is 12.6. The Balaban J connectivity index is 1.55. The Morgan fingerprint density at radius 3 is 2.47 bits per heavy atom. The number of hydrogen-bond acceptors (Lipinski definition) is 3. The zero-order chi connectivity index (χ0) is 23.9. The van der Waals surface area contributed by atoms with Gasteiger partial charge in [0.1, 0.15) is 11.3 Å². The largest absolute Gasteiger partial charge is 0.496 e.